The summed E-state index contributed by atoms with van der Waals surface area (Å²) in [6, 6.07) is 3.18. The van der Waals surface area contributed by atoms with Crippen molar-refractivity contribution in [1.82, 2.24) is 5.43 Å². The van der Waals surface area contributed by atoms with Crippen LogP contribution in [0.25, 0.3) is 0 Å². The summed E-state index contributed by atoms with van der Waals surface area (Å²) in [5.74, 6) is -0.0914. The Bertz CT molecular complexity index is 673. The molecular weight excluding hydrogens is 366 g/mol. The first-order valence-corrected chi connectivity index (χ1v) is 8.44. The fourth-order valence-electron chi connectivity index (χ4n) is 1.60. The van der Waals surface area contributed by atoms with Crippen LogP contribution >= 0.6 is 7.60 Å². The minimum Gasteiger partial charge on any atom is -0.488 e. The van der Waals surface area contributed by atoms with Gasteiger partial charge in [-0.05, 0) is 18.2 Å². The second-order valence-electron chi connectivity index (χ2n) is 4.60. The average molecular weight is 383 g/mol. The van der Waals surface area contributed by atoms with Crippen molar-refractivity contribution in [1.29, 1.82) is 0 Å². The van der Waals surface area contributed by atoms with Crippen molar-refractivity contribution in [3.63, 3.8) is 0 Å². The molecule has 0 aliphatic heterocycles. The number of hydrogen-bond donors (Lipinski definition) is 2. The number of nitrogens with one attached hydrogen (secondary N) is 1. The van der Waals surface area contributed by atoms with Gasteiger partial charge >= 0.3 is 19.8 Å². The van der Waals surface area contributed by atoms with Gasteiger partial charge in [-0.25, -0.2) is 10.2 Å². The number of halogens is 3. The van der Waals surface area contributed by atoms with Gasteiger partial charge in [0.15, 0.2) is 0 Å². The summed E-state index contributed by atoms with van der Waals surface area (Å²) in [5.41, 5.74) is 5.91. The summed E-state index contributed by atoms with van der Waals surface area (Å²) in [6.45, 7) is -0.377. The first-order chi connectivity index (χ1) is 11.6. The average Bonchev–Trinajstić information content (AvgIpc) is 2.56. The van der Waals surface area contributed by atoms with E-state index in [1.165, 1.54) is 12.1 Å². The van der Waals surface area contributed by atoms with E-state index in [0.29, 0.717) is 0 Å². The van der Waals surface area contributed by atoms with E-state index >= 15 is 0 Å². The molecule has 8 nitrogen and oxygen atoms in total. The molecule has 0 spiro atoms. The quantitative estimate of drug-likeness (QED) is 0.407. The largest absolute Gasteiger partial charge is 0.488 e. The number of hydrogen-bond acceptors (Lipinski definition) is 6. The van der Waals surface area contributed by atoms with Gasteiger partial charge in [0.05, 0.1) is 17.4 Å². The Kier molecular flexibility index (Phi) is 7.40. The predicted octanol–water partition coefficient (Wildman–Crippen LogP) is 2.59. The maximum absolute atomic E-state index is 12.7. The first kappa shape index (κ1) is 20.9. The van der Waals surface area contributed by atoms with Crippen LogP contribution in [0.15, 0.2) is 29.4 Å². The summed E-state index contributed by atoms with van der Waals surface area (Å²) in [6.07, 6.45) is -4.88. The zero-order valence-electron chi connectivity index (χ0n) is 13.4. The van der Waals surface area contributed by atoms with Gasteiger partial charge < -0.3 is 19.5 Å². The molecule has 0 heterocycles. The van der Waals surface area contributed by atoms with Crippen LogP contribution in [0.5, 0.6) is 5.75 Å². The number of primary amides is 1. The fourth-order valence-corrected chi connectivity index (χ4v) is 2.62. The van der Waals surface area contributed by atoms with Crippen molar-refractivity contribution < 1.29 is 36.3 Å². The van der Waals surface area contributed by atoms with Gasteiger partial charge in [0, 0.05) is 14.2 Å². The standard InChI is InChI=1S/C13H17F3N3O5P/c1-22-25(21,23-2)8-10(18-19-12(17)20)7-24-11-5-3-4-9(6-11)13(14,15)16/h3-6H,7-8H2,1-2H3,(H3,17,19,20). The Morgan fingerprint density at radius 2 is 1.96 bits per heavy atom. The SMILES string of the molecule is COP(=O)(CC(COc1cccc(C(F)(F)F)c1)=NNC(N)=O)OC. The molecule has 3 N–H and O–H groups in total. The lowest BCUT2D eigenvalue weighted by molar-refractivity contribution is -0.137. The van der Waals surface area contributed by atoms with E-state index in [2.05, 4.69) is 5.10 Å². The predicted molar refractivity (Wildman–Crippen MR) is 83.6 cm³/mol. The Labute approximate surface area is 141 Å². The van der Waals surface area contributed by atoms with Crippen LogP contribution < -0.4 is 15.9 Å². The maximum Gasteiger partial charge on any atom is 0.416 e. The summed E-state index contributed by atoms with van der Waals surface area (Å²) < 4.78 is 64.9. The van der Waals surface area contributed by atoms with Gasteiger partial charge in [0.2, 0.25) is 0 Å². The van der Waals surface area contributed by atoms with Gasteiger partial charge in [-0.3, -0.25) is 4.57 Å². The number of alkyl halides is 3. The molecule has 0 saturated carbocycles. The van der Waals surface area contributed by atoms with Crippen molar-refractivity contribution >= 4 is 19.3 Å². The number of carbonyl (C=O) groups is 1. The Morgan fingerprint density at radius 3 is 2.48 bits per heavy atom. The number of urea groups is 1. The molecule has 140 valence electrons. The summed E-state index contributed by atoms with van der Waals surface area (Å²) in [7, 11) is -1.24. The van der Waals surface area contributed by atoms with Crippen molar-refractivity contribution in [2.45, 2.75) is 6.18 Å². The fraction of sp³-hybridized carbons (Fsp3) is 0.385. The van der Waals surface area contributed by atoms with Crippen LogP contribution in [-0.2, 0) is 19.8 Å². The van der Waals surface area contributed by atoms with E-state index < -0.39 is 25.4 Å². The third-order valence-electron chi connectivity index (χ3n) is 2.82. The number of rotatable bonds is 8. The molecule has 1 rings (SSSR count). The maximum atomic E-state index is 12.7. The van der Waals surface area contributed by atoms with Crippen LogP contribution in [-0.4, -0.2) is 38.7 Å². The van der Waals surface area contributed by atoms with Gasteiger partial charge in [0.1, 0.15) is 12.4 Å². The van der Waals surface area contributed by atoms with Crippen molar-refractivity contribution in [2.75, 3.05) is 27.0 Å². The normalized spacial score (nSPS) is 12.8. The molecule has 0 aliphatic rings. The molecular formula is C13H17F3N3O5P. The molecule has 0 aliphatic carbocycles. The molecule has 0 fully saturated rings. The van der Waals surface area contributed by atoms with Crippen LogP contribution in [0.4, 0.5) is 18.0 Å². The van der Waals surface area contributed by atoms with E-state index in [1.54, 1.807) is 0 Å². The number of ether oxygens (including phenoxy) is 1. The molecule has 0 radical (unpaired) electrons. The molecule has 0 unspecified atom stereocenters. The molecule has 2 amide bonds. The van der Waals surface area contributed by atoms with E-state index in [1.807, 2.05) is 5.43 Å². The third-order valence-corrected chi connectivity index (χ3v) is 4.69. The van der Waals surface area contributed by atoms with Crippen LogP contribution in [0.3, 0.4) is 0 Å². The number of hydrazone groups is 1. The first-order valence-electron chi connectivity index (χ1n) is 6.71. The topological polar surface area (TPSA) is 112 Å². The highest BCUT2D eigenvalue weighted by Crippen LogP contribution is 2.46. The highest BCUT2D eigenvalue weighted by atomic mass is 31.2. The van der Waals surface area contributed by atoms with Gasteiger partial charge in [-0.15, -0.1) is 0 Å². The number of nitrogens with two attached hydrogens (primary N) is 1. The van der Waals surface area contributed by atoms with Crippen molar-refractivity contribution in [2.24, 2.45) is 10.8 Å². The van der Waals surface area contributed by atoms with Gasteiger partial charge in [-0.2, -0.15) is 18.3 Å². The minimum atomic E-state index is -4.52. The lowest BCUT2D eigenvalue weighted by Gasteiger charge is -2.16. The van der Waals surface area contributed by atoms with Crippen LogP contribution in [0.2, 0.25) is 0 Å². The van der Waals surface area contributed by atoms with Crippen molar-refractivity contribution in [3.8, 4) is 5.75 Å². The monoisotopic (exact) mass is 383 g/mol. The van der Waals surface area contributed by atoms with E-state index in [-0.39, 0.29) is 24.2 Å². The van der Waals surface area contributed by atoms with E-state index in [0.717, 1.165) is 26.4 Å². The number of amides is 2. The lowest BCUT2D eigenvalue weighted by atomic mass is 10.2. The summed E-state index contributed by atoms with van der Waals surface area (Å²) in [5, 5.41) is 3.60. The smallest absolute Gasteiger partial charge is 0.416 e. The third kappa shape index (κ3) is 7.12. The Balaban J connectivity index is 2.90. The number of carbonyl (C=O) groups excluding carboxylic acids is 1. The molecule has 1 aromatic rings. The van der Waals surface area contributed by atoms with Crippen molar-refractivity contribution in [3.05, 3.63) is 29.8 Å². The van der Waals surface area contributed by atoms with Gasteiger partial charge in [-0.1, -0.05) is 6.07 Å². The molecule has 12 heteroatoms. The Hall–Kier alpha value is -2.10. The van der Waals surface area contributed by atoms with Gasteiger partial charge in [0.25, 0.3) is 0 Å². The molecule has 0 bridgehead atoms. The highest BCUT2D eigenvalue weighted by molar-refractivity contribution is 7.54. The zero-order chi connectivity index (χ0) is 19.1. The highest BCUT2D eigenvalue weighted by Gasteiger charge is 2.30. The minimum absolute atomic E-state index is 0.0109. The summed E-state index contributed by atoms with van der Waals surface area (Å²) >= 11 is 0. The second kappa shape index (κ2) is 8.84. The summed E-state index contributed by atoms with van der Waals surface area (Å²) in [4.78, 5) is 10.7. The van der Waals surface area contributed by atoms with E-state index in [4.69, 9.17) is 19.5 Å². The van der Waals surface area contributed by atoms with Crippen LogP contribution in [0, 0.1) is 0 Å². The molecule has 1 aromatic carbocycles. The Morgan fingerprint density at radius 1 is 1.32 bits per heavy atom. The lowest BCUT2D eigenvalue weighted by Crippen LogP contribution is -2.28. The molecule has 0 atom stereocenters. The molecule has 25 heavy (non-hydrogen) atoms. The molecule has 0 saturated heterocycles. The van der Waals surface area contributed by atoms with Crippen LogP contribution in [0.1, 0.15) is 5.56 Å². The number of nitrogens with zero attached hydrogens (tertiary/aromatic N) is 1. The number of benzene rings is 1. The van der Waals surface area contributed by atoms with E-state index in [9.17, 15) is 22.5 Å². The second-order valence-corrected chi connectivity index (χ2v) is 6.87. The zero-order valence-corrected chi connectivity index (χ0v) is 14.3. The molecule has 0 aromatic heterocycles.